The van der Waals surface area contributed by atoms with E-state index in [-0.39, 0.29) is 5.78 Å². The summed E-state index contributed by atoms with van der Waals surface area (Å²) in [6.07, 6.45) is 3.55. The number of hydrogen-bond donors (Lipinski definition) is 0. The molecule has 0 radical (unpaired) electrons. The van der Waals surface area contributed by atoms with Crippen LogP contribution in [0.25, 0.3) is 10.8 Å². The number of halogens is 1. The molecule has 0 N–H and O–H groups in total. The lowest BCUT2D eigenvalue weighted by molar-refractivity contribution is 0.103. The molecule has 1 heterocycles. The zero-order valence-electron chi connectivity index (χ0n) is 15.1. The zero-order valence-corrected chi connectivity index (χ0v) is 16.7. The lowest BCUT2D eigenvalue weighted by atomic mass is 9.97. The van der Waals surface area contributed by atoms with Crippen molar-refractivity contribution in [3.8, 4) is 0 Å². The first-order valence-electron chi connectivity index (χ1n) is 8.94. The molecule has 3 heteroatoms. The molecule has 0 fully saturated rings. The molecular weight excluding hydrogens is 374 g/mol. The molecule has 25 heavy (non-hydrogen) atoms. The summed E-state index contributed by atoms with van der Waals surface area (Å²) in [7, 11) is 0. The maximum atomic E-state index is 13.4. The van der Waals surface area contributed by atoms with Crippen LogP contribution in [0.5, 0.6) is 0 Å². The number of nitrogens with zero attached hydrogens (tertiary/aromatic N) is 1. The molecule has 2 nitrogen and oxygen atoms in total. The van der Waals surface area contributed by atoms with Crippen LogP contribution in [0.3, 0.4) is 0 Å². The molecule has 3 rings (SSSR count). The Labute approximate surface area is 158 Å². The Hall–Kier alpha value is -1.87. The minimum atomic E-state index is 0.0958. The van der Waals surface area contributed by atoms with Gasteiger partial charge in [-0.3, -0.25) is 4.79 Å². The number of ketones is 1. The Morgan fingerprint density at radius 3 is 2.48 bits per heavy atom. The van der Waals surface area contributed by atoms with E-state index in [1.54, 1.807) is 0 Å². The average molecular weight is 398 g/mol. The first-order chi connectivity index (χ1) is 12.1. The Morgan fingerprint density at radius 2 is 1.72 bits per heavy atom. The van der Waals surface area contributed by atoms with Gasteiger partial charge in [-0.15, -0.1) is 0 Å². The summed E-state index contributed by atoms with van der Waals surface area (Å²) in [5.74, 6) is 0.0958. The van der Waals surface area contributed by atoms with Gasteiger partial charge in [0.05, 0.1) is 5.56 Å². The maximum Gasteiger partial charge on any atom is 0.196 e. The van der Waals surface area contributed by atoms with Gasteiger partial charge in [0.25, 0.3) is 0 Å². The third-order valence-corrected chi connectivity index (χ3v) is 5.93. The molecule has 0 unspecified atom stereocenters. The van der Waals surface area contributed by atoms with Crippen molar-refractivity contribution >= 4 is 32.5 Å². The van der Waals surface area contributed by atoms with Crippen molar-refractivity contribution < 1.29 is 4.79 Å². The molecule has 2 aromatic carbocycles. The topological polar surface area (TPSA) is 22.0 Å². The molecule has 0 amide bonds. The van der Waals surface area contributed by atoms with Crippen molar-refractivity contribution in [2.45, 2.75) is 46.6 Å². The third-order valence-electron chi connectivity index (χ3n) is 4.96. The first-order valence-corrected chi connectivity index (χ1v) is 9.73. The predicted octanol–water partition coefficient (Wildman–Crippen LogP) is 6.44. The molecule has 0 aliphatic carbocycles. The lowest BCUT2D eigenvalue weighted by Gasteiger charge is -2.09. The maximum absolute atomic E-state index is 13.4. The van der Waals surface area contributed by atoms with Crippen LogP contribution >= 0.6 is 15.9 Å². The van der Waals surface area contributed by atoms with Crippen LogP contribution in [0.15, 0.2) is 46.9 Å². The van der Waals surface area contributed by atoms with E-state index in [4.69, 9.17) is 0 Å². The summed E-state index contributed by atoms with van der Waals surface area (Å²) >= 11 is 3.68. The molecule has 1 aromatic heterocycles. The van der Waals surface area contributed by atoms with Crippen molar-refractivity contribution in [1.82, 2.24) is 4.57 Å². The fourth-order valence-electron chi connectivity index (χ4n) is 3.52. The highest BCUT2D eigenvalue weighted by atomic mass is 79.9. The lowest BCUT2D eigenvalue weighted by Crippen LogP contribution is -2.07. The average Bonchev–Trinajstić information content (AvgIpc) is 2.84. The summed E-state index contributed by atoms with van der Waals surface area (Å²) in [4.78, 5) is 13.4. The van der Waals surface area contributed by atoms with Gasteiger partial charge in [0.15, 0.2) is 5.78 Å². The zero-order chi connectivity index (χ0) is 18.0. The van der Waals surface area contributed by atoms with E-state index in [2.05, 4.69) is 53.4 Å². The van der Waals surface area contributed by atoms with Gasteiger partial charge in [-0.25, -0.2) is 0 Å². The van der Waals surface area contributed by atoms with Gasteiger partial charge in [0.2, 0.25) is 0 Å². The number of carbonyl (C=O) groups is 1. The van der Waals surface area contributed by atoms with Crippen molar-refractivity contribution in [2.75, 3.05) is 0 Å². The van der Waals surface area contributed by atoms with Gasteiger partial charge < -0.3 is 4.57 Å². The molecule has 0 spiro atoms. The van der Waals surface area contributed by atoms with Gasteiger partial charge >= 0.3 is 0 Å². The van der Waals surface area contributed by atoms with Crippen LogP contribution in [0, 0.1) is 13.8 Å². The van der Waals surface area contributed by atoms with Gasteiger partial charge in [0, 0.05) is 28.0 Å². The first kappa shape index (κ1) is 17.9. The number of carbonyl (C=O) groups excluding carboxylic acids is 1. The van der Waals surface area contributed by atoms with Crippen LogP contribution in [-0.4, -0.2) is 10.4 Å². The van der Waals surface area contributed by atoms with Crippen molar-refractivity contribution in [3.05, 3.63) is 69.5 Å². The number of aromatic nitrogens is 1. The van der Waals surface area contributed by atoms with E-state index in [9.17, 15) is 4.79 Å². The van der Waals surface area contributed by atoms with Gasteiger partial charge in [-0.2, -0.15) is 0 Å². The van der Waals surface area contributed by atoms with Crippen molar-refractivity contribution in [2.24, 2.45) is 0 Å². The normalized spacial score (nSPS) is 11.2. The van der Waals surface area contributed by atoms with Crippen LogP contribution in [0.1, 0.15) is 53.5 Å². The van der Waals surface area contributed by atoms with E-state index in [1.165, 1.54) is 12.8 Å². The van der Waals surface area contributed by atoms with E-state index in [1.807, 2.05) is 30.3 Å². The molecule has 0 aliphatic rings. The van der Waals surface area contributed by atoms with E-state index >= 15 is 0 Å². The summed E-state index contributed by atoms with van der Waals surface area (Å²) in [5, 5.41) is 2.11. The number of benzene rings is 2. The fraction of sp³-hybridized carbons (Fsp3) is 0.318. The monoisotopic (exact) mass is 397 g/mol. The molecule has 0 saturated heterocycles. The number of rotatable bonds is 6. The Balaban J connectivity index is 2.06. The van der Waals surface area contributed by atoms with Gasteiger partial charge in [-0.05, 0) is 47.0 Å². The fourth-order valence-corrected chi connectivity index (χ4v) is 4.20. The van der Waals surface area contributed by atoms with Crippen molar-refractivity contribution in [1.29, 1.82) is 0 Å². The van der Waals surface area contributed by atoms with Crippen LogP contribution in [-0.2, 0) is 6.54 Å². The smallest absolute Gasteiger partial charge is 0.196 e. The second kappa shape index (κ2) is 7.57. The Morgan fingerprint density at radius 1 is 1.00 bits per heavy atom. The number of fused-ring (bicyclic) bond motifs is 1. The van der Waals surface area contributed by atoms with E-state index in [0.717, 1.165) is 50.7 Å². The van der Waals surface area contributed by atoms with Gasteiger partial charge in [-0.1, -0.05) is 62.2 Å². The van der Waals surface area contributed by atoms with E-state index in [0.29, 0.717) is 0 Å². The summed E-state index contributed by atoms with van der Waals surface area (Å²) in [6, 6.07) is 14.0. The molecule has 130 valence electrons. The standard InChI is InChI=1S/C22H24BrNO/c1-4-5-8-14-24-15(2)20(21(23)16(24)3)22(25)19-13-9-11-17-10-6-7-12-18(17)19/h6-7,9-13H,4-5,8,14H2,1-3H3. The minimum absolute atomic E-state index is 0.0958. The summed E-state index contributed by atoms with van der Waals surface area (Å²) in [5.41, 5.74) is 3.76. The summed E-state index contributed by atoms with van der Waals surface area (Å²) < 4.78 is 3.21. The molecule has 0 saturated carbocycles. The quantitative estimate of drug-likeness (QED) is 0.346. The molecule has 0 atom stereocenters. The SMILES string of the molecule is CCCCCn1c(C)c(Br)c(C(=O)c2cccc3ccccc23)c1C. The number of unbranched alkanes of at least 4 members (excludes halogenated alkanes) is 2. The highest BCUT2D eigenvalue weighted by Gasteiger charge is 2.23. The molecular formula is C22H24BrNO. The molecule has 3 aromatic rings. The van der Waals surface area contributed by atoms with Crippen molar-refractivity contribution in [3.63, 3.8) is 0 Å². The van der Waals surface area contributed by atoms with Crippen LogP contribution < -0.4 is 0 Å². The second-order valence-electron chi connectivity index (χ2n) is 6.57. The second-order valence-corrected chi connectivity index (χ2v) is 7.37. The largest absolute Gasteiger partial charge is 0.347 e. The number of hydrogen-bond acceptors (Lipinski definition) is 1. The highest BCUT2D eigenvalue weighted by molar-refractivity contribution is 9.10. The Kier molecular flexibility index (Phi) is 5.43. The molecule has 0 bridgehead atoms. The Bertz CT molecular complexity index is 918. The predicted molar refractivity (Wildman–Crippen MR) is 109 cm³/mol. The third kappa shape index (κ3) is 3.30. The molecule has 0 aliphatic heterocycles. The van der Waals surface area contributed by atoms with E-state index < -0.39 is 0 Å². The van der Waals surface area contributed by atoms with Gasteiger partial charge in [0.1, 0.15) is 0 Å². The summed E-state index contributed by atoms with van der Waals surface area (Å²) in [6.45, 7) is 7.32. The minimum Gasteiger partial charge on any atom is -0.347 e. The van der Waals surface area contributed by atoms with Crippen LogP contribution in [0.4, 0.5) is 0 Å². The highest BCUT2D eigenvalue weighted by Crippen LogP contribution is 2.32. The van der Waals surface area contributed by atoms with Crippen LogP contribution in [0.2, 0.25) is 0 Å².